The average molecular weight is 270 g/mol. The monoisotopic (exact) mass is 270 g/mol. The molecule has 0 spiro atoms. The van der Waals surface area contributed by atoms with Crippen molar-refractivity contribution in [1.82, 2.24) is 10.6 Å². The highest BCUT2D eigenvalue weighted by Gasteiger charge is 2.41. The molecule has 2 N–H and O–H groups in total. The quantitative estimate of drug-likeness (QED) is 0.822. The first-order chi connectivity index (χ1) is 8.72. The third-order valence-corrected chi connectivity index (χ3v) is 5.89. The highest BCUT2D eigenvalue weighted by molar-refractivity contribution is 7.99. The highest BCUT2D eigenvalue weighted by Crippen LogP contribution is 2.32. The van der Waals surface area contributed by atoms with Gasteiger partial charge in [0.25, 0.3) is 0 Å². The summed E-state index contributed by atoms with van der Waals surface area (Å²) < 4.78 is 0. The van der Waals surface area contributed by atoms with Crippen LogP contribution in [0, 0.1) is 5.41 Å². The summed E-state index contributed by atoms with van der Waals surface area (Å²) in [5.41, 5.74) is -0.138. The molecule has 1 amide bonds. The van der Waals surface area contributed by atoms with Gasteiger partial charge in [-0.3, -0.25) is 4.79 Å². The Morgan fingerprint density at radius 3 is 2.83 bits per heavy atom. The van der Waals surface area contributed by atoms with Gasteiger partial charge in [0.15, 0.2) is 0 Å². The normalized spacial score (nSPS) is 36.6. The van der Waals surface area contributed by atoms with E-state index in [4.69, 9.17) is 0 Å². The van der Waals surface area contributed by atoms with Crippen LogP contribution in [0.5, 0.6) is 0 Å². The summed E-state index contributed by atoms with van der Waals surface area (Å²) >= 11 is 1.91. The van der Waals surface area contributed by atoms with Crippen molar-refractivity contribution in [2.75, 3.05) is 19.3 Å². The molecule has 0 aromatic rings. The van der Waals surface area contributed by atoms with Gasteiger partial charge in [0, 0.05) is 17.8 Å². The Kier molecular flexibility index (Phi) is 4.96. The van der Waals surface area contributed by atoms with Crippen molar-refractivity contribution in [1.29, 1.82) is 0 Å². The molecule has 0 radical (unpaired) electrons. The van der Waals surface area contributed by atoms with Gasteiger partial charge in [0.1, 0.15) is 0 Å². The second-order valence-electron chi connectivity index (χ2n) is 5.70. The lowest BCUT2D eigenvalue weighted by Crippen LogP contribution is -2.50. The molecule has 1 saturated carbocycles. The van der Waals surface area contributed by atoms with Crippen LogP contribution in [-0.2, 0) is 4.79 Å². The topological polar surface area (TPSA) is 41.1 Å². The van der Waals surface area contributed by atoms with E-state index in [-0.39, 0.29) is 5.41 Å². The van der Waals surface area contributed by atoms with Gasteiger partial charge in [0.2, 0.25) is 5.91 Å². The zero-order valence-electron chi connectivity index (χ0n) is 11.6. The lowest BCUT2D eigenvalue weighted by atomic mass is 9.82. The minimum Gasteiger partial charge on any atom is -0.352 e. The van der Waals surface area contributed by atoms with Crippen LogP contribution in [0.15, 0.2) is 0 Å². The number of hydrogen-bond donors (Lipinski definition) is 2. The summed E-state index contributed by atoms with van der Waals surface area (Å²) in [7, 11) is 0. The van der Waals surface area contributed by atoms with Crippen LogP contribution in [0.2, 0.25) is 0 Å². The van der Waals surface area contributed by atoms with Gasteiger partial charge in [-0.05, 0) is 38.5 Å². The summed E-state index contributed by atoms with van der Waals surface area (Å²) in [6.45, 7) is 3.98. The molecule has 1 aliphatic carbocycles. The SMILES string of the molecule is CCC1(C(=O)NC2CCCCC2SC)CCNC1. The van der Waals surface area contributed by atoms with Gasteiger partial charge < -0.3 is 10.6 Å². The smallest absolute Gasteiger partial charge is 0.227 e. The Bertz CT molecular complexity index is 290. The van der Waals surface area contributed by atoms with Crippen molar-refractivity contribution in [2.45, 2.75) is 56.7 Å². The molecule has 4 heteroatoms. The molecule has 3 atom stereocenters. The molecule has 1 heterocycles. The van der Waals surface area contributed by atoms with Crippen LogP contribution in [0.1, 0.15) is 45.4 Å². The van der Waals surface area contributed by atoms with Crippen molar-refractivity contribution in [2.24, 2.45) is 5.41 Å². The van der Waals surface area contributed by atoms with E-state index in [1.807, 2.05) is 11.8 Å². The first-order valence-electron chi connectivity index (χ1n) is 7.26. The van der Waals surface area contributed by atoms with Crippen LogP contribution < -0.4 is 10.6 Å². The maximum absolute atomic E-state index is 12.6. The Morgan fingerprint density at radius 1 is 1.44 bits per heavy atom. The predicted octanol–water partition coefficient (Wildman–Crippen LogP) is 2.17. The van der Waals surface area contributed by atoms with Gasteiger partial charge in [-0.2, -0.15) is 11.8 Å². The number of carbonyl (C=O) groups excluding carboxylic acids is 1. The molecular weight excluding hydrogens is 244 g/mol. The molecule has 3 unspecified atom stereocenters. The average Bonchev–Trinajstić information content (AvgIpc) is 2.89. The first kappa shape index (κ1) is 14.2. The molecule has 2 fully saturated rings. The summed E-state index contributed by atoms with van der Waals surface area (Å²) in [5, 5.41) is 7.31. The number of nitrogens with one attached hydrogen (secondary N) is 2. The molecule has 3 nitrogen and oxygen atoms in total. The molecule has 1 aliphatic heterocycles. The molecule has 104 valence electrons. The van der Waals surface area contributed by atoms with E-state index in [1.54, 1.807) is 0 Å². The van der Waals surface area contributed by atoms with E-state index in [9.17, 15) is 4.79 Å². The molecule has 18 heavy (non-hydrogen) atoms. The van der Waals surface area contributed by atoms with Crippen LogP contribution in [0.4, 0.5) is 0 Å². The van der Waals surface area contributed by atoms with Gasteiger partial charge in [-0.15, -0.1) is 0 Å². The number of carbonyl (C=O) groups is 1. The number of hydrogen-bond acceptors (Lipinski definition) is 3. The van der Waals surface area contributed by atoms with Crippen molar-refractivity contribution in [3.8, 4) is 0 Å². The molecule has 2 aliphatic rings. The minimum atomic E-state index is -0.138. The van der Waals surface area contributed by atoms with Gasteiger partial charge in [-0.1, -0.05) is 19.8 Å². The van der Waals surface area contributed by atoms with E-state index >= 15 is 0 Å². The van der Waals surface area contributed by atoms with Crippen molar-refractivity contribution >= 4 is 17.7 Å². The number of thioether (sulfide) groups is 1. The summed E-state index contributed by atoms with van der Waals surface area (Å²) in [4.78, 5) is 12.6. The fraction of sp³-hybridized carbons (Fsp3) is 0.929. The lowest BCUT2D eigenvalue weighted by Gasteiger charge is -2.34. The summed E-state index contributed by atoms with van der Waals surface area (Å²) in [5.74, 6) is 0.293. The van der Waals surface area contributed by atoms with E-state index in [1.165, 1.54) is 19.3 Å². The van der Waals surface area contributed by atoms with Crippen LogP contribution in [0.3, 0.4) is 0 Å². The Morgan fingerprint density at radius 2 is 2.22 bits per heavy atom. The molecular formula is C14H26N2OS. The third-order valence-electron chi connectivity index (χ3n) is 4.72. The van der Waals surface area contributed by atoms with E-state index in [0.29, 0.717) is 17.2 Å². The molecule has 0 bridgehead atoms. The van der Waals surface area contributed by atoms with Crippen LogP contribution >= 0.6 is 11.8 Å². The van der Waals surface area contributed by atoms with Crippen LogP contribution in [-0.4, -0.2) is 36.5 Å². The van der Waals surface area contributed by atoms with E-state index in [2.05, 4.69) is 23.8 Å². The molecule has 0 aromatic carbocycles. The van der Waals surface area contributed by atoms with Crippen molar-refractivity contribution < 1.29 is 4.79 Å². The molecule has 0 aromatic heterocycles. The summed E-state index contributed by atoms with van der Waals surface area (Å²) in [6.07, 6.45) is 9.10. The van der Waals surface area contributed by atoms with Gasteiger partial charge in [0.05, 0.1) is 5.41 Å². The van der Waals surface area contributed by atoms with Crippen molar-refractivity contribution in [3.05, 3.63) is 0 Å². The fourth-order valence-corrected chi connectivity index (χ4v) is 4.20. The van der Waals surface area contributed by atoms with Gasteiger partial charge in [-0.25, -0.2) is 0 Å². The highest BCUT2D eigenvalue weighted by atomic mass is 32.2. The van der Waals surface area contributed by atoms with Crippen molar-refractivity contribution in [3.63, 3.8) is 0 Å². The molecule has 2 rings (SSSR count). The lowest BCUT2D eigenvalue weighted by molar-refractivity contribution is -0.131. The maximum atomic E-state index is 12.6. The fourth-order valence-electron chi connectivity index (χ4n) is 3.27. The second kappa shape index (κ2) is 6.29. The second-order valence-corrected chi connectivity index (χ2v) is 6.78. The maximum Gasteiger partial charge on any atom is 0.227 e. The van der Waals surface area contributed by atoms with E-state index in [0.717, 1.165) is 32.4 Å². The first-order valence-corrected chi connectivity index (χ1v) is 8.55. The zero-order valence-corrected chi connectivity index (χ0v) is 12.4. The Labute approximate surface area is 115 Å². The predicted molar refractivity (Wildman–Crippen MR) is 77.9 cm³/mol. The third kappa shape index (κ3) is 2.85. The summed E-state index contributed by atoms with van der Waals surface area (Å²) in [6, 6.07) is 0.394. The Hall–Kier alpha value is -0.220. The number of rotatable bonds is 4. The van der Waals surface area contributed by atoms with Gasteiger partial charge >= 0.3 is 0 Å². The molecule has 1 saturated heterocycles. The minimum absolute atomic E-state index is 0.138. The standard InChI is InChI=1S/C14H26N2OS/c1-3-14(8-9-15-10-14)13(17)16-11-6-4-5-7-12(11)18-2/h11-12,15H,3-10H2,1-2H3,(H,16,17). The van der Waals surface area contributed by atoms with E-state index < -0.39 is 0 Å². The van der Waals surface area contributed by atoms with Crippen LogP contribution in [0.25, 0.3) is 0 Å². The Balaban J connectivity index is 1.96. The largest absolute Gasteiger partial charge is 0.352 e. The zero-order chi connectivity index (χ0) is 13.0. The number of amides is 1.